The zero-order chi connectivity index (χ0) is 18.8. The lowest BCUT2D eigenvalue weighted by molar-refractivity contribution is -0.131. The quantitative estimate of drug-likeness (QED) is 0.684. The number of pyridine rings is 1. The van der Waals surface area contributed by atoms with E-state index < -0.39 is 11.5 Å². The predicted molar refractivity (Wildman–Crippen MR) is 93.8 cm³/mol. The van der Waals surface area contributed by atoms with Gasteiger partial charge < -0.3 is 14.5 Å². The van der Waals surface area contributed by atoms with Crippen LogP contribution >= 0.6 is 0 Å². The van der Waals surface area contributed by atoms with E-state index in [9.17, 15) is 14.9 Å². The topological polar surface area (TPSA) is 92.2 Å². The Morgan fingerprint density at radius 2 is 1.80 bits per heavy atom. The number of carbonyl (C=O) groups excluding carboxylic acids is 1. The molecule has 130 valence electrons. The molecule has 1 aromatic carbocycles. The van der Waals surface area contributed by atoms with Gasteiger partial charge in [-0.3, -0.25) is 9.59 Å². The van der Waals surface area contributed by atoms with Crippen molar-refractivity contribution in [2.45, 2.75) is 33.1 Å². The van der Waals surface area contributed by atoms with Gasteiger partial charge >= 0.3 is 5.97 Å². The van der Waals surface area contributed by atoms with Gasteiger partial charge in [0.25, 0.3) is 5.56 Å². The first-order valence-corrected chi connectivity index (χ1v) is 7.71. The molecule has 0 bridgehead atoms. The average molecular weight is 340 g/mol. The van der Waals surface area contributed by atoms with E-state index in [1.165, 1.54) is 14.0 Å². The number of aromatic amines is 1. The van der Waals surface area contributed by atoms with E-state index in [1.807, 2.05) is 26.8 Å². The van der Waals surface area contributed by atoms with Crippen molar-refractivity contribution in [2.75, 3.05) is 7.11 Å². The molecule has 0 spiro atoms. The molecule has 0 aliphatic carbocycles. The minimum atomic E-state index is -0.471. The number of nitrogens with one attached hydrogen (secondary N) is 1. The number of nitrogens with zero attached hydrogens (tertiary/aromatic N) is 1. The van der Waals surface area contributed by atoms with E-state index in [0.717, 1.165) is 0 Å². The molecule has 2 aromatic rings. The highest BCUT2D eigenvalue weighted by Crippen LogP contribution is 2.32. The van der Waals surface area contributed by atoms with Gasteiger partial charge in [0.15, 0.2) is 0 Å². The van der Waals surface area contributed by atoms with Crippen LogP contribution in [0.1, 0.15) is 39.0 Å². The Balaban J connectivity index is 2.76. The van der Waals surface area contributed by atoms with Crippen molar-refractivity contribution < 1.29 is 14.3 Å². The van der Waals surface area contributed by atoms with Gasteiger partial charge in [-0.15, -0.1) is 0 Å². The molecule has 0 amide bonds. The summed E-state index contributed by atoms with van der Waals surface area (Å²) < 4.78 is 10.4. The molecule has 0 aliphatic rings. The first kappa shape index (κ1) is 18.3. The van der Waals surface area contributed by atoms with Crippen molar-refractivity contribution in [1.29, 1.82) is 5.26 Å². The van der Waals surface area contributed by atoms with Gasteiger partial charge in [-0.25, -0.2) is 0 Å². The van der Waals surface area contributed by atoms with Crippen molar-refractivity contribution in [3.63, 3.8) is 0 Å². The van der Waals surface area contributed by atoms with Crippen molar-refractivity contribution in [2.24, 2.45) is 0 Å². The lowest BCUT2D eigenvalue weighted by Crippen LogP contribution is -2.22. The summed E-state index contributed by atoms with van der Waals surface area (Å²) in [6.45, 7) is 7.18. The molecule has 6 nitrogen and oxygen atoms in total. The molecule has 0 saturated heterocycles. The second kappa shape index (κ2) is 6.81. The van der Waals surface area contributed by atoms with Crippen LogP contribution in [0.25, 0.3) is 11.1 Å². The summed E-state index contributed by atoms with van der Waals surface area (Å²) in [5, 5.41) is 9.41. The fourth-order valence-electron chi connectivity index (χ4n) is 2.37. The number of H-pyrrole nitrogens is 1. The fraction of sp³-hybridized carbons (Fsp3) is 0.316. The summed E-state index contributed by atoms with van der Waals surface area (Å²) in [5.41, 5.74) is 0.951. The number of hydrogen-bond donors (Lipinski definition) is 1. The number of nitriles is 1. The van der Waals surface area contributed by atoms with Crippen LogP contribution in [0.5, 0.6) is 11.5 Å². The minimum absolute atomic E-state index is 0.00460. The van der Waals surface area contributed by atoms with E-state index >= 15 is 0 Å². The molecular formula is C19H20N2O4. The van der Waals surface area contributed by atoms with Crippen molar-refractivity contribution in [3.05, 3.63) is 45.9 Å². The highest BCUT2D eigenvalue weighted by atomic mass is 16.5. The van der Waals surface area contributed by atoms with Crippen molar-refractivity contribution in [3.8, 4) is 28.7 Å². The number of hydrogen-bond acceptors (Lipinski definition) is 5. The third kappa shape index (κ3) is 4.07. The minimum Gasteiger partial charge on any atom is -0.497 e. The first-order chi connectivity index (χ1) is 11.7. The van der Waals surface area contributed by atoms with Crippen LogP contribution in [0.15, 0.2) is 29.1 Å². The maximum atomic E-state index is 12.3. The highest BCUT2D eigenvalue weighted by molar-refractivity contribution is 5.75. The van der Waals surface area contributed by atoms with Crippen LogP contribution in [0.2, 0.25) is 0 Å². The third-order valence-corrected chi connectivity index (χ3v) is 3.64. The number of rotatable bonds is 3. The molecule has 0 aliphatic heterocycles. The van der Waals surface area contributed by atoms with Crippen LogP contribution in [-0.2, 0) is 10.2 Å². The Kier molecular flexibility index (Phi) is 4.98. The summed E-state index contributed by atoms with van der Waals surface area (Å²) in [5.74, 6) is 0.263. The zero-order valence-corrected chi connectivity index (χ0v) is 14.9. The summed E-state index contributed by atoms with van der Waals surface area (Å²) in [4.78, 5) is 26.3. The molecule has 0 unspecified atom stereocenters. The molecule has 2 rings (SSSR count). The fourth-order valence-corrected chi connectivity index (χ4v) is 2.37. The third-order valence-electron chi connectivity index (χ3n) is 3.64. The lowest BCUT2D eigenvalue weighted by atomic mass is 9.88. The van der Waals surface area contributed by atoms with Crippen LogP contribution in [0.4, 0.5) is 0 Å². The molecule has 1 N–H and O–H groups in total. The Morgan fingerprint density at radius 1 is 1.16 bits per heavy atom. The van der Waals surface area contributed by atoms with Crippen molar-refractivity contribution in [1.82, 2.24) is 4.98 Å². The second-order valence-corrected chi connectivity index (χ2v) is 6.65. The average Bonchev–Trinajstić information content (AvgIpc) is 2.52. The van der Waals surface area contributed by atoms with Gasteiger partial charge in [0.1, 0.15) is 23.1 Å². The Hall–Kier alpha value is -3.07. The number of ether oxygens (including phenoxy) is 2. The van der Waals surface area contributed by atoms with Crippen LogP contribution < -0.4 is 15.0 Å². The second-order valence-electron chi connectivity index (χ2n) is 6.65. The van der Waals surface area contributed by atoms with Crippen LogP contribution in [0, 0.1) is 11.3 Å². The highest BCUT2D eigenvalue weighted by Gasteiger charge is 2.20. The van der Waals surface area contributed by atoms with Gasteiger partial charge in [-0.2, -0.15) is 5.26 Å². The summed E-state index contributed by atoms with van der Waals surface area (Å²) >= 11 is 0. The summed E-state index contributed by atoms with van der Waals surface area (Å²) in [6, 6.07) is 8.57. The lowest BCUT2D eigenvalue weighted by Gasteiger charge is -2.20. The molecule has 0 fully saturated rings. The molecule has 25 heavy (non-hydrogen) atoms. The SMILES string of the molecule is COc1cc(OC(C)=O)cc(-c2cc(C(C)(C)C)[nH]c(=O)c2C#N)c1. The number of carbonyl (C=O) groups is 1. The van der Waals surface area contributed by atoms with E-state index in [2.05, 4.69) is 4.98 Å². The predicted octanol–water partition coefficient (Wildman–Crippen LogP) is 3.14. The Morgan fingerprint density at radius 3 is 2.32 bits per heavy atom. The smallest absolute Gasteiger partial charge is 0.308 e. The van der Waals surface area contributed by atoms with E-state index in [4.69, 9.17) is 9.47 Å². The molecule has 1 heterocycles. The van der Waals surface area contributed by atoms with Gasteiger partial charge in [0.2, 0.25) is 0 Å². The Labute approximate surface area is 146 Å². The zero-order valence-electron chi connectivity index (χ0n) is 14.9. The van der Waals surface area contributed by atoms with Gasteiger partial charge in [-0.1, -0.05) is 20.8 Å². The Bertz CT molecular complexity index is 914. The number of aromatic nitrogens is 1. The van der Waals surface area contributed by atoms with E-state index in [0.29, 0.717) is 22.6 Å². The van der Waals surface area contributed by atoms with Crippen LogP contribution in [-0.4, -0.2) is 18.1 Å². The monoisotopic (exact) mass is 340 g/mol. The molecule has 1 aromatic heterocycles. The maximum Gasteiger partial charge on any atom is 0.308 e. The van der Waals surface area contributed by atoms with Gasteiger partial charge in [-0.05, 0) is 23.8 Å². The normalized spacial score (nSPS) is 10.9. The molecule has 0 saturated carbocycles. The molecular weight excluding hydrogens is 320 g/mol. The standard InChI is InChI=1S/C19H20N2O4/c1-11(22)25-14-7-12(6-13(8-14)24-5)15-9-17(19(2,3)4)21-18(23)16(15)10-20/h6-9H,1-5H3,(H,21,23). The van der Waals surface area contributed by atoms with Crippen LogP contribution in [0.3, 0.4) is 0 Å². The summed E-state index contributed by atoms with van der Waals surface area (Å²) in [7, 11) is 1.49. The van der Waals surface area contributed by atoms with E-state index in [1.54, 1.807) is 24.3 Å². The number of methoxy groups -OCH3 is 1. The number of benzene rings is 1. The van der Waals surface area contributed by atoms with E-state index in [-0.39, 0.29) is 16.7 Å². The van der Waals surface area contributed by atoms with Gasteiger partial charge in [0.05, 0.1) is 7.11 Å². The maximum absolute atomic E-state index is 12.3. The van der Waals surface area contributed by atoms with Crippen molar-refractivity contribution >= 4 is 5.97 Å². The first-order valence-electron chi connectivity index (χ1n) is 7.71. The summed E-state index contributed by atoms with van der Waals surface area (Å²) in [6.07, 6.45) is 0. The molecule has 0 radical (unpaired) electrons. The largest absolute Gasteiger partial charge is 0.497 e. The van der Waals surface area contributed by atoms with Gasteiger partial charge in [0, 0.05) is 29.7 Å². The molecule has 0 atom stereocenters. The molecule has 6 heteroatoms. The number of esters is 1.